The molecular formula is C21H26ClN3. The highest BCUT2D eigenvalue weighted by atomic mass is 35.5. The summed E-state index contributed by atoms with van der Waals surface area (Å²) in [4.78, 5) is 7.68. The van der Waals surface area contributed by atoms with Crippen LogP contribution in [0.25, 0.3) is 22.5 Å². The average molecular weight is 356 g/mol. The first-order valence-corrected chi connectivity index (χ1v) is 8.78. The number of aromatic nitrogens is 2. The van der Waals surface area contributed by atoms with Crippen LogP contribution in [-0.4, -0.2) is 9.97 Å². The maximum Gasteiger partial charge on any atom is 0.198 e. The van der Waals surface area contributed by atoms with Gasteiger partial charge in [-0.1, -0.05) is 80.8 Å². The van der Waals surface area contributed by atoms with Gasteiger partial charge in [0, 0.05) is 11.1 Å². The molecule has 3 N–H and O–H groups in total. The lowest BCUT2D eigenvalue weighted by Gasteiger charge is -2.05. The molecule has 0 aliphatic heterocycles. The van der Waals surface area contributed by atoms with Gasteiger partial charge in [-0.3, -0.25) is 0 Å². The Morgan fingerprint density at radius 1 is 0.880 bits per heavy atom. The minimum Gasteiger partial charge on any atom is -0.369 e. The van der Waals surface area contributed by atoms with E-state index in [0.717, 1.165) is 28.9 Å². The third kappa shape index (κ3) is 4.86. The third-order valence-electron chi connectivity index (χ3n) is 4.33. The summed E-state index contributed by atoms with van der Waals surface area (Å²) in [6.07, 6.45) is 6.33. The predicted molar refractivity (Wildman–Crippen MR) is 109 cm³/mol. The van der Waals surface area contributed by atoms with Crippen LogP contribution in [0.5, 0.6) is 0 Å². The number of nitrogens with one attached hydrogen (secondary N) is 1. The van der Waals surface area contributed by atoms with Crippen molar-refractivity contribution in [3.8, 4) is 22.5 Å². The number of benzene rings is 2. The van der Waals surface area contributed by atoms with Gasteiger partial charge < -0.3 is 10.7 Å². The molecule has 0 bridgehead atoms. The van der Waals surface area contributed by atoms with Gasteiger partial charge in [0.1, 0.15) is 0 Å². The first kappa shape index (κ1) is 19.1. The largest absolute Gasteiger partial charge is 0.369 e. The molecule has 0 atom stereocenters. The highest BCUT2D eigenvalue weighted by molar-refractivity contribution is 5.85. The zero-order chi connectivity index (χ0) is 16.8. The number of hydrogen-bond donors (Lipinski definition) is 2. The minimum atomic E-state index is 0. The van der Waals surface area contributed by atoms with Crippen molar-refractivity contribution in [1.29, 1.82) is 0 Å². The Morgan fingerprint density at radius 2 is 1.60 bits per heavy atom. The molecule has 0 radical (unpaired) electrons. The molecule has 2 aromatic carbocycles. The average Bonchev–Trinajstić information content (AvgIpc) is 3.02. The zero-order valence-electron chi connectivity index (χ0n) is 14.7. The number of unbranched alkanes of at least 4 members (excludes halogenated alkanes) is 3. The van der Waals surface area contributed by atoms with Crippen molar-refractivity contribution in [3.05, 3.63) is 60.2 Å². The van der Waals surface area contributed by atoms with Gasteiger partial charge in [-0.15, -0.1) is 12.4 Å². The molecule has 3 rings (SSSR count). The van der Waals surface area contributed by atoms with E-state index in [2.05, 4.69) is 53.3 Å². The lowest BCUT2D eigenvalue weighted by molar-refractivity contribution is 0.667. The third-order valence-corrected chi connectivity index (χ3v) is 4.33. The van der Waals surface area contributed by atoms with E-state index in [9.17, 15) is 0 Å². The summed E-state index contributed by atoms with van der Waals surface area (Å²) in [5.74, 6) is 0.451. The highest BCUT2D eigenvalue weighted by Gasteiger charge is 2.12. The van der Waals surface area contributed by atoms with Crippen molar-refractivity contribution < 1.29 is 0 Å². The molecule has 0 unspecified atom stereocenters. The van der Waals surface area contributed by atoms with Crippen LogP contribution >= 0.6 is 12.4 Å². The van der Waals surface area contributed by atoms with Gasteiger partial charge in [0.15, 0.2) is 5.95 Å². The maximum atomic E-state index is 5.91. The highest BCUT2D eigenvalue weighted by Crippen LogP contribution is 2.30. The summed E-state index contributed by atoms with van der Waals surface area (Å²) in [5, 5.41) is 0. The van der Waals surface area contributed by atoms with Gasteiger partial charge >= 0.3 is 0 Å². The molecular weight excluding hydrogens is 330 g/mol. The van der Waals surface area contributed by atoms with Crippen LogP contribution in [0.2, 0.25) is 0 Å². The van der Waals surface area contributed by atoms with E-state index in [-0.39, 0.29) is 12.4 Å². The van der Waals surface area contributed by atoms with E-state index in [1.54, 1.807) is 0 Å². The summed E-state index contributed by atoms with van der Waals surface area (Å²) in [6.45, 7) is 2.25. The van der Waals surface area contributed by atoms with E-state index >= 15 is 0 Å². The number of aromatic amines is 1. The van der Waals surface area contributed by atoms with Gasteiger partial charge in [-0.2, -0.15) is 0 Å². The summed E-state index contributed by atoms with van der Waals surface area (Å²) >= 11 is 0. The number of nitrogens with two attached hydrogens (primary N) is 1. The Hall–Kier alpha value is -2.26. The number of nitrogen functional groups attached to an aromatic ring is 1. The summed E-state index contributed by atoms with van der Waals surface area (Å²) < 4.78 is 0. The minimum absolute atomic E-state index is 0. The first-order valence-electron chi connectivity index (χ1n) is 8.78. The van der Waals surface area contributed by atoms with Gasteiger partial charge in [-0.25, -0.2) is 4.98 Å². The Morgan fingerprint density at radius 3 is 2.28 bits per heavy atom. The summed E-state index contributed by atoms with van der Waals surface area (Å²) in [6, 6.07) is 18.9. The quantitative estimate of drug-likeness (QED) is 0.520. The van der Waals surface area contributed by atoms with Crippen molar-refractivity contribution in [2.24, 2.45) is 0 Å². The van der Waals surface area contributed by atoms with Gasteiger partial charge in [0.25, 0.3) is 0 Å². The first-order chi connectivity index (χ1) is 11.8. The van der Waals surface area contributed by atoms with E-state index in [4.69, 9.17) is 5.73 Å². The van der Waals surface area contributed by atoms with Crippen molar-refractivity contribution in [2.45, 2.75) is 39.0 Å². The fraction of sp³-hybridized carbons (Fsp3) is 0.286. The number of imidazole rings is 1. The van der Waals surface area contributed by atoms with E-state index < -0.39 is 0 Å². The van der Waals surface area contributed by atoms with Gasteiger partial charge in [0.2, 0.25) is 0 Å². The smallest absolute Gasteiger partial charge is 0.198 e. The van der Waals surface area contributed by atoms with E-state index in [1.807, 2.05) is 18.2 Å². The lowest BCUT2D eigenvalue weighted by Crippen LogP contribution is -1.88. The molecule has 0 saturated carbocycles. The summed E-state index contributed by atoms with van der Waals surface area (Å²) in [5.41, 5.74) is 11.4. The number of rotatable bonds is 7. The molecule has 0 amide bonds. The fourth-order valence-electron chi connectivity index (χ4n) is 3.00. The Labute approximate surface area is 156 Å². The monoisotopic (exact) mass is 355 g/mol. The second-order valence-electron chi connectivity index (χ2n) is 6.22. The summed E-state index contributed by atoms with van der Waals surface area (Å²) in [7, 11) is 0. The van der Waals surface area contributed by atoms with Crippen molar-refractivity contribution in [3.63, 3.8) is 0 Å². The predicted octanol–water partition coefficient (Wildman–Crippen LogP) is 5.87. The molecule has 1 aromatic heterocycles. The maximum absolute atomic E-state index is 5.91. The second-order valence-corrected chi connectivity index (χ2v) is 6.22. The van der Waals surface area contributed by atoms with Crippen LogP contribution in [0.15, 0.2) is 54.6 Å². The number of nitrogens with zero attached hydrogens (tertiary/aromatic N) is 1. The van der Waals surface area contributed by atoms with Crippen LogP contribution in [0, 0.1) is 0 Å². The van der Waals surface area contributed by atoms with Crippen LogP contribution in [-0.2, 0) is 6.42 Å². The van der Waals surface area contributed by atoms with E-state index in [0.29, 0.717) is 5.95 Å². The van der Waals surface area contributed by atoms with Crippen molar-refractivity contribution in [2.75, 3.05) is 5.73 Å². The number of halogens is 1. The van der Waals surface area contributed by atoms with Crippen LogP contribution < -0.4 is 5.73 Å². The molecule has 3 nitrogen and oxygen atoms in total. The normalized spacial score (nSPS) is 10.4. The molecule has 0 spiro atoms. The van der Waals surface area contributed by atoms with Crippen LogP contribution in [0.1, 0.15) is 38.2 Å². The topological polar surface area (TPSA) is 54.7 Å². The van der Waals surface area contributed by atoms with E-state index in [1.165, 1.54) is 31.2 Å². The molecule has 4 heteroatoms. The fourth-order valence-corrected chi connectivity index (χ4v) is 3.00. The van der Waals surface area contributed by atoms with Gasteiger partial charge in [-0.05, 0) is 18.4 Å². The lowest BCUT2D eigenvalue weighted by atomic mass is 10.0. The Balaban J connectivity index is 0.00000225. The Kier molecular flexibility index (Phi) is 7.08. The molecule has 0 saturated heterocycles. The number of hydrogen-bond acceptors (Lipinski definition) is 2. The zero-order valence-corrected chi connectivity index (χ0v) is 15.5. The van der Waals surface area contributed by atoms with Crippen LogP contribution in [0.3, 0.4) is 0 Å². The van der Waals surface area contributed by atoms with Crippen molar-refractivity contribution in [1.82, 2.24) is 9.97 Å². The molecule has 0 fully saturated rings. The SMILES string of the molecule is CCCCCCc1ccc(-c2[nH]c(N)nc2-c2ccccc2)cc1.Cl. The molecule has 1 heterocycles. The second kappa shape index (κ2) is 9.28. The number of anilines is 1. The Bertz CT molecular complexity index is 764. The molecule has 132 valence electrons. The van der Waals surface area contributed by atoms with Gasteiger partial charge in [0.05, 0.1) is 11.4 Å². The molecule has 0 aliphatic carbocycles. The standard InChI is InChI=1S/C21H25N3.ClH/c1-2-3-4-6-9-16-12-14-18(15-13-16)20-19(23-21(22)24-20)17-10-7-5-8-11-17;/h5,7-8,10-15H,2-4,6,9H2,1H3,(H3,22,23,24);1H. The number of aryl methyl sites for hydroxylation is 1. The number of H-pyrrole nitrogens is 1. The molecule has 25 heavy (non-hydrogen) atoms. The molecule has 0 aliphatic rings. The van der Waals surface area contributed by atoms with Crippen LogP contribution in [0.4, 0.5) is 5.95 Å². The van der Waals surface area contributed by atoms with Crippen molar-refractivity contribution >= 4 is 18.4 Å². The molecule has 3 aromatic rings.